The van der Waals surface area contributed by atoms with Crippen LogP contribution in [0.2, 0.25) is 0 Å². The minimum absolute atomic E-state index is 1.24. The molecular formula is C12H27N3. The molecule has 1 heterocycles. The third-order valence-corrected chi connectivity index (χ3v) is 3.24. The van der Waals surface area contributed by atoms with Gasteiger partial charge >= 0.3 is 0 Å². The van der Waals surface area contributed by atoms with Crippen molar-refractivity contribution in [2.75, 3.05) is 60.4 Å². The zero-order valence-corrected chi connectivity index (χ0v) is 10.7. The topological polar surface area (TPSA) is 9.72 Å². The van der Waals surface area contributed by atoms with Gasteiger partial charge in [-0.3, -0.25) is 0 Å². The summed E-state index contributed by atoms with van der Waals surface area (Å²) in [7, 11) is 6.73. The van der Waals surface area contributed by atoms with Crippen LogP contribution in [0.25, 0.3) is 0 Å². The zero-order chi connectivity index (χ0) is 11.1. The van der Waals surface area contributed by atoms with Crippen LogP contribution in [0.4, 0.5) is 0 Å². The van der Waals surface area contributed by atoms with Crippen molar-refractivity contribution in [1.29, 1.82) is 0 Å². The van der Waals surface area contributed by atoms with E-state index >= 15 is 0 Å². The van der Waals surface area contributed by atoms with Gasteiger partial charge in [-0.05, 0) is 79.7 Å². The van der Waals surface area contributed by atoms with Gasteiger partial charge in [-0.25, -0.2) is 0 Å². The van der Waals surface area contributed by atoms with Crippen LogP contribution in [0.15, 0.2) is 0 Å². The number of nitrogens with zero attached hydrogens (tertiary/aromatic N) is 3. The normalized spacial score (nSPS) is 25.8. The molecule has 3 nitrogen and oxygen atoms in total. The van der Waals surface area contributed by atoms with Crippen molar-refractivity contribution in [3.8, 4) is 0 Å². The van der Waals surface area contributed by atoms with E-state index in [1.165, 1.54) is 58.5 Å². The molecule has 0 aromatic rings. The molecule has 0 amide bonds. The van der Waals surface area contributed by atoms with E-state index in [4.69, 9.17) is 0 Å². The molecule has 1 rings (SSSR count). The summed E-state index contributed by atoms with van der Waals surface area (Å²) in [5.41, 5.74) is 0. The Morgan fingerprint density at radius 1 is 0.467 bits per heavy atom. The summed E-state index contributed by atoms with van der Waals surface area (Å²) in [6, 6.07) is 0. The van der Waals surface area contributed by atoms with E-state index in [0.29, 0.717) is 0 Å². The van der Waals surface area contributed by atoms with Crippen molar-refractivity contribution < 1.29 is 0 Å². The average molecular weight is 213 g/mol. The Balaban J connectivity index is 2.30. The largest absolute Gasteiger partial charge is 0.306 e. The average Bonchev–Trinajstić information content (AvgIpc) is 2.16. The van der Waals surface area contributed by atoms with Gasteiger partial charge in [-0.2, -0.15) is 0 Å². The molecule has 0 bridgehead atoms. The van der Waals surface area contributed by atoms with Gasteiger partial charge in [0.25, 0.3) is 0 Å². The van der Waals surface area contributed by atoms with Crippen LogP contribution in [0.5, 0.6) is 0 Å². The molecule has 0 aromatic carbocycles. The van der Waals surface area contributed by atoms with Crippen LogP contribution in [-0.2, 0) is 0 Å². The van der Waals surface area contributed by atoms with E-state index in [9.17, 15) is 0 Å². The molecule has 0 radical (unpaired) electrons. The van der Waals surface area contributed by atoms with Crippen LogP contribution < -0.4 is 0 Å². The molecule has 0 spiro atoms. The van der Waals surface area contributed by atoms with E-state index in [1.807, 2.05) is 0 Å². The quantitative estimate of drug-likeness (QED) is 0.593. The standard InChI is InChI=1S/C12H27N3/c1-13-7-4-9-14(2)11-6-12-15(3)10-5-8-13/h4-12H2,1-3H3. The van der Waals surface area contributed by atoms with Crippen LogP contribution >= 0.6 is 0 Å². The number of hydrogen-bond acceptors (Lipinski definition) is 3. The fourth-order valence-electron chi connectivity index (χ4n) is 2.17. The fourth-order valence-corrected chi connectivity index (χ4v) is 2.17. The second-order valence-electron chi connectivity index (χ2n) is 4.97. The molecule has 0 aromatic heterocycles. The molecule has 15 heavy (non-hydrogen) atoms. The Morgan fingerprint density at radius 2 is 0.667 bits per heavy atom. The van der Waals surface area contributed by atoms with Gasteiger partial charge in [0.05, 0.1) is 0 Å². The van der Waals surface area contributed by atoms with Crippen molar-refractivity contribution in [1.82, 2.24) is 14.7 Å². The highest BCUT2D eigenvalue weighted by molar-refractivity contribution is 4.62. The molecule has 0 N–H and O–H groups in total. The minimum Gasteiger partial charge on any atom is -0.306 e. The van der Waals surface area contributed by atoms with Gasteiger partial charge in [0, 0.05) is 0 Å². The lowest BCUT2D eigenvalue weighted by molar-refractivity contribution is 0.229. The van der Waals surface area contributed by atoms with Crippen LogP contribution in [0.3, 0.4) is 0 Å². The summed E-state index contributed by atoms with van der Waals surface area (Å²) in [4.78, 5) is 7.38. The Kier molecular flexibility index (Phi) is 6.22. The van der Waals surface area contributed by atoms with Gasteiger partial charge in [0.1, 0.15) is 0 Å². The number of rotatable bonds is 0. The zero-order valence-electron chi connectivity index (χ0n) is 10.7. The Labute approximate surface area is 95.0 Å². The van der Waals surface area contributed by atoms with Gasteiger partial charge < -0.3 is 14.7 Å². The molecule has 0 atom stereocenters. The summed E-state index contributed by atoms with van der Waals surface area (Å²) in [5, 5.41) is 0. The van der Waals surface area contributed by atoms with E-state index < -0.39 is 0 Å². The molecule has 1 fully saturated rings. The highest BCUT2D eigenvalue weighted by Crippen LogP contribution is 1.99. The predicted octanol–water partition coefficient (Wildman–Crippen LogP) is 0.966. The Bertz CT molecular complexity index is 120. The van der Waals surface area contributed by atoms with Crippen molar-refractivity contribution >= 4 is 0 Å². The molecule has 0 unspecified atom stereocenters. The first-order chi connectivity index (χ1) is 7.18. The predicted molar refractivity (Wildman–Crippen MR) is 66.3 cm³/mol. The van der Waals surface area contributed by atoms with Crippen molar-refractivity contribution in [3.05, 3.63) is 0 Å². The lowest BCUT2D eigenvalue weighted by Gasteiger charge is -2.24. The lowest BCUT2D eigenvalue weighted by Crippen LogP contribution is -2.32. The first-order valence-electron chi connectivity index (χ1n) is 6.24. The summed E-state index contributed by atoms with van der Waals surface area (Å²) in [6.45, 7) is 7.46. The molecule has 0 saturated carbocycles. The molecular weight excluding hydrogens is 186 g/mol. The second kappa shape index (κ2) is 7.20. The summed E-state index contributed by atoms with van der Waals surface area (Å²) in [6.07, 6.45) is 3.93. The first kappa shape index (κ1) is 12.9. The summed E-state index contributed by atoms with van der Waals surface area (Å²) < 4.78 is 0. The number of hydrogen-bond donors (Lipinski definition) is 0. The maximum Gasteiger partial charge on any atom is -0.000959 e. The van der Waals surface area contributed by atoms with Crippen LogP contribution in [0.1, 0.15) is 19.3 Å². The van der Waals surface area contributed by atoms with E-state index in [1.54, 1.807) is 0 Å². The SMILES string of the molecule is CN1CCCN(C)CCCN(C)CCC1. The van der Waals surface area contributed by atoms with E-state index in [2.05, 4.69) is 35.8 Å². The van der Waals surface area contributed by atoms with Gasteiger partial charge in [0.2, 0.25) is 0 Å². The smallest absolute Gasteiger partial charge is 0.000959 e. The molecule has 3 heteroatoms. The molecule has 1 saturated heterocycles. The van der Waals surface area contributed by atoms with Gasteiger partial charge in [-0.15, -0.1) is 0 Å². The van der Waals surface area contributed by atoms with Crippen molar-refractivity contribution in [2.45, 2.75) is 19.3 Å². The summed E-state index contributed by atoms with van der Waals surface area (Å²) in [5.74, 6) is 0. The van der Waals surface area contributed by atoms with Gasteiger partial charge in [0.15, 0.2) is 0 Å². The molecule has 1 aliphatic rings. The highest BCUT2D eigenvalue weighted by atomic mass is 15.1. The van der Waals surface area contributed by atoms with Gasteiger partial charge in [-0.1, -0.05) is 0 Å². The Hall–Kier alpha value is -0.120. The van der Waals surface area contributed by atoms with Crippen LogP contribution in [-0.4, -0.2) is 75.1 Å². The lowest BCUT2D eigenvalue weighted by atomic mass is 10.3. The fraction of sp³-hybridized carbons (Fsp3) is 1.00. The van der Waals surface area contributed by atoms with Crippen molar-refractivity contribution in [3.63, 3.8) is 0 Å². The third kappa shape index (κ3) is 6.13. The monoisotopic (exact) mass is 213 g/mol. The van der Waals surface area contributed by atoms with E-state index in [-0.39, 0.29) is 0 Å². The maximum absolute atomic E-state index is 2.46. The first-order valence-corrected chi connectivity index (χ1v) is 6.24. The third-order valence-electron chi connectivity index (χ3n) is 3.24. The molecule has 90 valence electrons. The van der Waals surface area contributed by atoms with E-state index in [0.717, 1.165) is 0 Å². The molecule has 1 aliphatic heterocycles. The highest BCUT2D eigenvalue weighted by Gasteiger charge is 2.05. The van der Waals surface area contributed by atoms with Crippen molar-refractivity contribution in [2.24, 2.45) is 0 Å². The molecule has 0 aliphatic carbocycles. The maximum atomic E-state index is 2.46. The summed E-state index contributed by atoms with van der Waals surface area (Å²) >= 11 is 0. The minimum atomic E-state index is 1.24. The Morgan fingerprint density at radius 3 is 0.867 bits per heavy atom. The second-order valence-corrected chi connectivity index (χ2v) is 4.97. The van der Waals surface area contributed by atoms with Crippen LogP contribution in [0, 0.1) is 0 Å².